The molecule has 0 radical (unpaired) electrons. The van der Waals surface area contributed by atoms with Gasteiger partial charge in [-0.05, 0) is 37.5 Å². The van der Waals surface area contributed by atoms with Gasteiger partial charge in [-0.2, -0.15) is 0 Å². The minimum Gasteiger partial charge on any atom is -0.353 e. The highest BCUT2D eigenvalue weighted by Gasteiger charge is 2.22. The summed E-state index contributed by atoms with van der Waals surface area (Å²) in [5.74, 6) is 2.36. The van der Waals surface area contributed by atoms with E-state index >= 15 is 0 Å². The van der Waals surface area contributed by atoms with E-state index in [9.17, 15) is 4.79 Å². The maximum Gasteiger partial charge on any atom is 0.223 e. The first-order chi connectivity index (χ1) is 13.3. The van der Waals surface area contributed by atoms with Crippen molar-refractivity contribution >= 4 is 23.3 Å². The van der Waals surface area contributed by atoms with E-state index in [1.54, 1.807) is 0 Å². The van der Waals surface area contributed by atoms with Crippen molar-refractivity contribution in [1.82, 2.24) is 14.9 Å². The highest BCUT2D eigenvalue weighted by Crippen LogP contribution is 2.20. The number of anilines is 1. The summed E-state index contributed by atoms with van der Waals surface area (Å²) in [6, 6.07) is 8.06. The molecule has 28 heavy (non-hydrogen) atoms. The van der Waals surface area contributed by atoms with E-state index in [4.69, 9.17) is 16.6 Å². The first-order valence-electron chi connectivity index (χ1n) is 9.97. The van der Waals surface area contributed by atoms with Crippen LogP contribution in [0.2, 0.25) is 5.02 Å². The summed E-state index contributed by atoms with van der Waals surface area (Å²) in [6.07, 6.45) is 1.24. The number of nitrogens with zero attached hydrogens (tertiary/aromatic N) is 4. The van der Waals surface area contributed by atoms with E-state index in [1.165, 1.54) is 0 Å². The molecule has 5 nitrogen and oxygen atoms in total. The van der Waals surface area contributed by atoms with Crippen molar-refractivity contribution in [2.45, 2.75) is 46.5 Å². The van der Waals surface area contributed by atoms with Crippen LogP contribution in [0.3, 0.4) is 0 Å². The van der Waals surface area contributed by atoms with Gasteiger partial charge in [0.05, 0.1) is 0 Å². The molecular formula is C22H29ClN4O. The van der Waals surface area contributed by atoms with Crippen LogP contribution < -0.4 is 4.90 Å². The molecule has 1 saturated heterocycles. The summed E-state index contributed by atoms with van der Waals surface area (Å²) in [5, 5.41) is 0.763. The Labute approximate surface area is 172 Å². The zero-order valence-corrected chi connectivity index (χ0v) is 18.0. The normalized spacial score (nSPS) is 14.6. The maximum atomic E-state index is 12.6. The number of halogens is 1. The van der Waals surface area contributed by atoms with Crippen LogP contribution in [0.1, 0.15) is 48.8 Å². The number of aryl methyl sites for hydroxylation is 3. The molecule has 0 spiro atoms. The number of benzene rings is 1. The van der Waals surface area contributed by atoms with Crippen LogP contribution >= 0.6 is 11.6 Å². The van der Waals surface area contributed by atoms with Gasteiger partial charge in [-0.15, -0.1) is 0 Å². The van der Waals surface area contributed by atoms with E-state index in [-0.39, 0.29) is 5.91 Å². The molecule has 1 aliphatic rings. The molecule has 2 aromatic rings. The van der Waals surface area contributed by atoms with E-state index in [1.807, 2.05) is 36.9 Å². The Morgan fingerprint density at radius 2 is 1.82 bits per heavy atom. The Balaban J connectivity index is 1.54. The Morgan fingerprint density at radius 3 is 2.46 bits per heavy atom. The topological polar surface area (TPSA) is 49.3 Å². The molecular weight excluding hydrogens is 372 g/mol. The number of piperazine rings is 1. The average Bonchev–Trinajstić information content (AvgIpc) is 2.68. The number of carbonyl (C=O) groups excluding carboxylic acids is 1. The molecule has 6 heteroatoms. The monoisotopic (exact) mass is 400 g/mol. The summed E-state index contributed by atoms with van der Waals surface area (Å²) >= 11 is 6.18. The van der Waals surface area contributed by atoms with Crippen molar-refractivity contribution in [3.63, 3.8) is 0 Å². The Hall–Kier alpha value is -2.14. The number of carbonyl (C=O) groups is 1. The number of aromatic nitrogens is 2. The van der Waals surface area contributed by atoms with Crippen molar-refractivity contribution in [3.05, 3.63) is 51.9 Å². The summed E-state index contributed by atoms with van der Waals surface area (Å²) in [6.45, 7) is 11.3. The van der Waals surface area contributed by atoms with Gasteiger partial charge in [0, 0.05) is 55.3 Å². The zero-order chi connectivity index (χ0) is 20.3. The second-order valence-electron chi connectivity index (χ2n) is 7.83. The molecule has 1 fully saturated rings. The summed E-state index contributed by atoms with van der Waals surface area (Å²) < 4.78 is 0. The minimum atomic E-state index is 0.207. The van der Waals surface area contributed by atoms with Crippen molar-refractivity contribution in [2.75, 3.05) is 31.1 Å². The second-order valence-corrected chi connectivity index (χ2v) is 8.24. The van der Waals surface area contributed by atoms with Crippen LogP contribution in [-0.2, 0) is 11.2 Å². The highest BCUT2D eigenvalue weighted by molar-refractivity contribution is 6.31. The van der Waals surface area contributed by atoms with Crippen molar-refractivity contribution in [2.24, 2.45) is 0 Å². The van der Waals surface area contributed by atoms with Gasteiger partial charge in [0.15, 0.2) is 0 Å². The lowest BCUT2D eigenvalue weighted by molar-refractivity contribution is -0.131. The van der Waals surface area contributed by atoms with Crippen LogP contribution in [0.25, 0.3) is 0 Å². The Morgan fingerprint density at radius 1 is 1.11 bits per heavy atom. The molecule has 0 atom stereocenters. The Kier molecular flexibility index (Phi) is 6.55. The van der Waals surface area contributed by atoms with Crippen molar-refractivity contribution < 1.29 is 4.79 Å². The maximum absolute atomic E-state index is 12.6. The minimum absolute atomic E-state index is 0.207. The van der Waals surface area contributed by atoms with Gasteiger partial charge in [0.1, 0.15) is 11.6 Å². The average molecular weight is 401 g/mol. The van der Waals surface area contributed by atoms with Gasteiger partial charge in [-0.1, -0.05) is 37.6 Å². The van der Waals surface area contributed by atoms with Crippen molar-refractivity contribution in [1.29, 1.82) is 0 Å². The quantitative estimate of drug-likeness (QED) is 0.756. The van der Waals surface area contributed by atoms with E-state index in [0.29, 0.717) is 12.3 Å². The molecule has 1 aromatic heterocycles. The fraction of sp³-hybridized carbons (Fsp3) is 0.500. The third-order valence-electron chi connectivity index (χ3n) is 5.19. The molecule has 0 aliphatic carbocycles. The fourth-order valence-electron chi connectivity index (χ4n) is 3.38. The van der Waals surface area contributed by atoms with Gasteiger partial charge in [0.25, 0.3) is 0 Å². The largest absolute Gasteiger partial charge is 0.353 e. The molecule has 0 N–H and O–H groups in total. The van der Waals surface area contributed by atoms with Gasteiger partial charge in [-0.3, -0.25) is 4.79 Å². The van der Waals surface area contributed by atoms with Crippen LogP contribution in [-0.4, -0.2) is 47.0 Å². The summed E-state index contributed by atoms with van der Waals surface area (Å²) in [4.78, 5) is 26.1. The fourth-order valence-corrected chi connectivity index (χ4v) is 3.58. The molecule has 2 heterocycles. The number of hydrogen-bond donors (Lipinski definition) is 0. The van der Waals surface area contributed by atoms with Crippen LogP contribution in [0.15, 0.2) is 24.3 Å². The molecule has 1 amide bonds. The van der Waals surface area contributed by atoms with Crippen LogP contribution in [0, 0.1) is 13.8 Å². The van der Waals surface area contributed by atoms with Crippen LogP contribution in [0.5, 0.6) is 0 Å². The molecule has 1 aliphatic heterocycles. The van der Waals surface area contributed by atoms with Gasteiger partial charge >= 0.3 is 0 Å². The lowest BCUT2D eigenvalue weighted by atomic mass is 10.1. The summed E-state index contributed by atoms with van der Waals surface area (Å²) in [5.41, 5.74) is 3.16. The van der Waals surface area contributed by atoms with Crippen molar-refractivity contribution in [3.8, 4) is 0 Å². The molecule has 150 valence electrons. The zero-order valence-electron chi connectivity index (χ0n) is 17.2. The lowest BCUT2D eigenvalue weighted by Crippen LogP contribution is -2.49. The summed E-state index contributed by atoms with van der Waals surface area (Å²) in [7, 11) is 0. The first kappa shape index (κ1) is 20.6. The lowest BCUT2D eigenvalue weighted by Gasteiger charge is -2.35. The first-order valence-corrected chi connectivity index (χ1v) is 10.3. The standard InChI is InChI=1S/C22H29ClN4O/c1-15(2)22-24-17(4)13-20(25-22)26-9-11-27(12-10-26)21(28)8-7-18-6-5-16(3)19(23)14-18/h5-6,13-15H,7-12H2,1-4H3. The molecule has 0 saturated carbocycles. The van der Waals surface area contributed by atoms with Gasteiger partial charge < -0.3 is 9.80 Å². The third kappa shape index (κ3) is 5.02. The molecule has 1 aromatic carbocycles. The van der Waals surface area contributed by atoms with E-state index < -0.39 is 0 Å². The van der Waals surface area contributed by atoms with Crippen LogP contribution in [0.4, 0.5) is 5.82 Å². The van der Waals surface area contributed by atoms with E-state index in [2.05, 4.69) is 29.8 Å². The highest BCUT2D eigenvalue weighted by atomic mass is 35.5. The third-order valence-corrected chi connectivity index (χ3v) is 5.60. The predicted octanol–water partition coefficient (Wildman–Crippen LogP) is 4.15. The number of amides is 1. The van der Waals surface area contributed by atoms with E-state index in [0.717, 1.165) is 66.1 Å². The van der Waals surface area contributed by atoms with Gasteiger partial charge in [-0.25, -0.2) is 9.97 Å². The predicted molar refractivity (Wildman–Crippen MR) is 114 cm³/mol. The number of rotatable bonds is 5. The molecule has 3 rings (SSSR count). The smallest absolute Gasteiger partial charge is 0.223 e. The Bertz CT molecular complexity index is 844. The SMILES string of the molecule is Cc1cc(N2CCN(C(=O)CCc3ccc(C)c(Cl)c3)CC2)nc(C(C)C)n1. The van der Waals surface area contributed by atoms with Gasteiger partial charge in [0.2, 0.25) is 5.91 Å². The number of hydrogen-bond acceptors (Lipinski definition) is 4. The molecule has 0 bridgehead atoms. The molecule has 0 unspecified atom stereocenters. The second kappa shape index (κ2) is 8.91.